The van der Waals surface area contributed by atoms with Gasteiger partial charge in [-0.1, -0.05) is 32.6 Å². The molecule has 0 saturated carbocycles. The van der Waals surface area contributed by atoms with Crippen LogP contribution in [0.1, 0.15) is 33.6 Å². The second-order valence-corrected chi connectivity index (χ2v) is 7.07. The molecule has 0 heterocycles. The summed E-state index contributed by atoms with van der Waals surface area (Å²) in [6.07, 6.45) is 3.01. The lowest BCUT2D eigenvalue weighted by atomic mass is 10.2. The maximum Gasteiger partial charge on any atom is 0.326 e. The third-order valence-electron chi connectivity index (χ3n) is 4.96. The van der Waals surface area contributed by atoms with Crippen molar-refractivity contribution in [2.45, 2.75) is 33.6 Å². The first-order chi connectivity index (χ1) is 14.8. The molecular weight excluding hydrogens is 392 g/mol. The van der Waals surface area contributed by atoms with E-state index in [1.165, 1.54) is 7.05 Å². The van der Waals surface area contributed by atoms with Crippen LogP contribution < -0.4 is 9.64 Å². The molecule has 1 aromatic rings. The SMILES string of the molecule is C=CC(=O)N(C)C(=O)N(C)CCCCN(C)CCN(CC)c1ccccc1OC.CC. The zero-order valence-corrected chi connectivity index (χ0v) is 20.6. The molecule has 0 aromatic heterocycles. The number of hydrogen-bond donors (Lipinski definition) is 0. The molecule has 0 bridgehead atoms. The molecule has 0 unspecified atom stereocenters. The highest BCUT2D eigenvalue weighted by Crippen LogP contribution is 2.27. The highest BCUT2D eigenvalue weighted by Gasteiger charge is 2.18. The maximum atomic E-state index is 12.1. The number of likely N-dealkylation sites (N-methyl/N-ethyl adjacent to an activating group) is 3. The molecule has 7 heteroatoms. The van der Waals surface area contributed by atoms with E-state index in [2.05, 4.69) is 36.4 Å². The molecule has 0 fully saturated rings. The van der Waals surface area contributed by atoms with Crippen LogP contribution in [-0.4, -0.2) is 87.6 Å². The lowest BCUT2D eigenvalue weighted by Crippen LogP contribution is -2.42. The number of methoxy groups -OCH3 is 1. The molecule has 3 amide bonds. The molecule has 1 rings (SSSR count). The van der Waals surface area contributed by atoms with E-state index in [1.807, 2.05) is 32.0 Å². The lowest BCUT2D eigenvalue weighted by Gasteiger charge is -2.27. The van der Waals surface area contributed by atoms with Crippen molar-refractivity contribution in [3.63, 3.8) is 0 Å². The van der Waals surface area contributed by atoms with Crippen molar-refractivity contribution in [1.29, 1.82) is 0 Å². The van der Waals surface area contributed by atoms with Crippen LogP contribution in [-0.2, 0) is 4.79 Å². The second kappa shape index (κ2) is 16.2. The Balaban J connectivity index is 0.00000436. The number of amides is 3. The van der Waals surface area contributed by atoms with Crippen LogP contribution in [0.5, 0.6) is 5.75 Å². The van der Waals surface area contributed by atoms with Gasteiger partial charge in [-0.25, -0.2) is 4.79 Å². The second-order valence-electron chi connectivity index (χ2n) is 7.07. The number of carbonyl (C=O) groups excluding carboxylic acids is 2. The van der Waals surface area contributed by atoms with E-state index in [9.17, 15) is 9.59 Å². The largest absolute Gasteiger partial charge is 0.495 e. The minimum Gasteiger partial charge on any atom is -0.495 e. The fourth-order valence-corrected chi connectivity index (χ4v) is 3.06. The first kappa shape index (κ1) is 28.5. The highest BCUT2D eigenvalue weighted by molar-refractivity contribution is 5.99. The van der Waals surface area contributed by atoms with Crippen LogP contribution in [0.4, 0.5) is 10.5 Å². The van der Waals surface area contributed by atoms with Crippen LogP contribution in [0, 0.1) is 0 Å². The number of carbonyl (C=O) groups is 2. The predicted octanol–water partition coefficient (Wildman–Crippen LogP) is 3.96. The Morgan fingerprint density at radius 1 is 1.00 bits per heavy atom. The summed E-state index contributed by atoms with van der Waals surface area (Å²) >= 11 is 0. The molecular formula is C24H42N4O3. The maximum absolute atomic E-state index is 12.1. The lowest BCUT2D eigenvalue weighted by molar-refractivity contribution is -0.122. The van der Waals surface area contributed by atoms with Crippen molar-refractivity contribution >= 4 is 17.6 Å². The molecule has 0 aliphatic rings. The zero-order valence-electron chi connectivity index (χ0n) is 20.6. The van der Waals surface area contributed by atoms with Gasteiger partial charge >= 0.3 is 6.03 Å². The van der Waals surface area contributed by atoms with Crippen LogP contribution >= 0.6 is 0 Å². The van der Waals surface area contributed by atoms with Crippen molar-refractivity contribution < 1.29 is 14.3 Å². The van der Waals surface area contributed by atoms with Gasteiger partial charge in [-0.2, -0.15) is 0 Å². The summed E-state index contributed by atoms with van der Waals surface area (Å²) in [5.74, 6) is 0.502. The van der Waals surface area contributed by atoms with Gasteiger partial charge in [0.2, 0.25) is 0 Å². The number of benzene rings is 1. The fraction of sp³-hybridized carbons (Fsp3) is 0.583. The average Bonchev–Trinajstić information content (AvgIpc) is 2.81. The van der Waals surface area contributed by atoms with E-state index in [0.717, 1.165) is 61.4 Å². The van der Waals surface area contributed by atoms with Crippen molar-refractivity contribution in [2.75, 3.05) is 65.9 Å². The van der Waals surface area contributed by atoms with Crippen LogP contribution in [0.15, 0.2) is 36.9 Å². The van der Waals surface area contributed by atoms with Gasteiger partial charge in [0, 0.05) is 40.3 Å². The standard InChI is InChI=1S/C22H36N4O3.C2H6/c1-7-21(27)25(5)22(28)24(4)16-12-11-15-23(3)17-18-26(8-2)19-13-9-10-14-20(19)29-6;1-2/h7,9-10,13-14H,1,8,11-12,15-18H2,2-6H3;1-2H3. The number of hydrogen-bond acceptors (Lipinski definition) is 5. The Morgan fingerprint density at radius 2 is 1.61 bits per heavy atom. The summed E-state index contributed by atoms with van der Waals surface area (Å²) in [6, 6.07) is 7.78. The quantitative estimate of drug-likeness (QED) is 0.368. The molecule has 0 atom stereocenters. The van der Waals surface area contributed by atoms with E-state index in [-0.39, 0.29) is 6.03 Å². The van der Waals surface area contributed by atoms with E-state index >= 15 is 0 Å². The summed E-state index contributed by atoms with van der Waals surface area (Å²) in [4.78, 5) is 30.9. The van der Waals surface area contributed by atoms with Gasteiger partial charge < -0.3 is 19.4 Å². The number of unbranched alkanes of at least 4 members (excludes halogenated alkanes) is 1. The van der Waals surface area contributed by atoms with Crippen LogP contribution in [0.25, 0.3) is 0 Å². The van der Waals surface area contributed by atoms with E-state index < -0.39 is 5.91 Å². The molecule has 7 nitrogen and oxygen atoms in total. The summed E-state index contributed by atoms with van der Waals surface area (Å²) in [7, 11) is 7.00. The van der Waals surface area contributed by atoms with Crippen molar-refractivity contribution in [3.05, 3.63) is 36.9 Å². The summed E-state index contributed by atoms with van der Waals surface area (Å²) in [6.45, 7) is 13.9. The number of rotatable bonds is 12. The third kappa shape index (κ3) is 9.87. The highest BCUT2D eigenvalue weighted by atomic mass is 16.5. The number of imide groups is 1. The molecule has 176 valence electrons. The third-order valence-corrected chi connectivity index (χ3v) is 4.96. The fourth-order valence-electron chi connectivity index (χ4n) is 3.06. The molecule has 0 spiro atoms. The van der Waals surface area contributed by atoms with Gasteiger partial charge in [-0.05, 0) is 51.6 Å². The number of ether oxygens (including phenoxy) is 1. The van der Waals surface area contributed by atoms with Gasteiger partial charge in [0.15, 0.2) is 0 Å². The van der Waals surface area contributed by atoms with Crippen molar-refractivity contribution in [2.24, 2.45) is 0 Å². The van der Waals surface area contributed by atoms with Gasteiger partial charge in [-0.15, -0.1) is 0 Å². The number of para-hydroxylation sites is 2. The summed E-state index contributed by atoms with van der Waals surface area (Å²) in [5.41, 5.74) is 1.12. The molecule has 1 aromatic carbocycles. The topological polar surface area (TPSA) is 56.3 Å². The van der Waals surface area contributed by atoms with E-state index in [0.29, 0.717) is 6.54 Å². The monoisotopic (exact) mass is 434 g/mol. The predicted molar refractivity (Wildman–Crippen MR) is 130 cm³/mol. The molecule has 0 saturated heterocycles. The zero-order chi connectivity index (χ0) is 23.8. The Morgan fingerprint density at radius 3 is 2.19 bits per heavy atom. The normalized spacial score (nSPS) is 10.1. The molecule has 0 radical (unpaired) electrons. The molecule has 0 aliphatic carbocycles. The first-order valence-electron chi connectivity index (χ1n) is 11.1. The molecule has 0 aliphatic heterocycles. The number of nitrogens with zero attached hydrogens (tertiary/aromatic N) is 4. The number of urea groups is 1. The Hall–Kier alpha value is -2.54. The Bertz CT molecular complexity index is 666. The van der Waals surface area contributed by atoms with Gasteiger partial charge in [-0.3, -0.25) is 9.69 Å². The minimum atomic E-state index is -0.392. The Kier molecular flexibility index (Phi) is 14.9. The van der Waals surface area contributed by atoms with E-state index in [1.54, 1.807) is 19.1 Å². The summed E-state index contributed by atoms with van der Waals surface area (Å²) in [5, 5.41) is 0. The average molecular weight is 435 g/mol. The van der Waals surface area contributed by atoms with Crippen LogP contribution in [0.3, 0.4) is 0 Å². The van der Waals surface area contributed by atoms with Gasteiger partial charge in [0.25, 0.3) is 5.91 Å². The van der Waals surface area contributed by atoms with Gasteiger partial charge in [0.1, 0.15) is 5.75 Å². The molecule has 31 heavy (non-hydrogen) atoms. The smallest absolute Gasteiger partial charge is 0.326 e. The Labute approximate surface area is 189 Å². The first-order valence-corrected chi connectivity index (χ1v) is 11.1. The van der Waals surface area contributed by atoms with Crippen LogP contribution in [0.2, 0.25) is 0 Å². The summed E-state index contributed by atoms with van der Waals surface area (Å²) < 4.78 is 5.48. The number of anilines is 1. The van der Waals surface area contributed by atoms with Crippen molar-refractivity contribution in [1.82, 2.24) is 14.7 Å². The van der Waals surface area contributed by atoms with Crippen molar-refractivity contribution in [3.8, 4) is 5.75 Å². The minimum absolute atomic E-state index is 0.307. The molecule has 0 N–H and O–H groups in total. The van der Waals surface area contributed by atoms with E-state index in [4.69, 9.17) is 4.74 Å². The van der Waals surface area contributed by atoms with Gasteiger partial charge in [0.05, 0.1) is 12.8 Å².